The van der Waals surface area contributed by atoms with E-state index >= 15 is 0 Å². The number of aromatic amines is 1. The summed E-state index contributed by atoms with van der Waals surface area (Å²) >= 11 is 0. The molecule has 0 fully saturated rings. The zero-order chi connectivity index (χ0) is 10.2. The number of fused-ring (bicyclic) bond motifs is 1. The second-order valence-electron chi connectivity index (χ2n) is 4.02. The molecule has 1 aromatic heterocycles. The van der Waals surface area contributed by atoms with Gasteiger partial charge in [0.2, 0.25) is 0 Å². The topological polar surface area (TPSA) is 39.6 Å². The van der Waals surface area contributed by atoms with E-state index in [0.717, 1.165) is 16.5 Å². The number of nitrogens with one attached hydrogen (secondary N) is 1. The van der Waals surface area contributed by atoms with Crippen molar-refractivity contribution in [2.24, 2.45) is 0 Å². The highest BCUT2D eigenvalue weighted by Gasteiger charge is 2.19. The van der Waals surface area contributed by atoms with Gasteiger partial charge in [-0.1, -0.05) is 6.07 Å². The van der Waals surface area contributed by atoms with E-state index in [1.54, 1.807) is 0 Å². The van der Waals surface area contributed by atoms with Crippen LogP contribution in [0.5, 0.6) is 0 Å². The van der Waals surface area contributed by atoms with Gasteiger partial charge < -0.3 is 4.98 Å². The van der Waals surface area contributed by atoms with Gasteiger partial charge in [0.15, 0.2) is 0 Å². The van der Waals surface area contributed by atoms with Crippen LogP contribution in [0.1, 0.15) is 19.4 Å². The van der Waals surface area contributed by atoms with Crippen LogP contribution in [0, 0.1) is 11.3 Å². The lowest BCUT2D eigenvalue weighted by atomic mass is 9.86. The molecule has 1 heterocycles. The molecule has 2 aromatic rings. The van der Waals surface area contributed by atoms with Crippen LogP contribution in [-0.2, 0) is 5.41 Å². The average Bonchev–Trinajstić information content (AvgIpc) is 2.64. The summed E-state index contributed by atoms with van der Waals surface area (Å²) in [6, 6.07) is 10.4. The summed E-state index contributed by atoms with van der Waals surface area (Å²) in [6.07, 6.45) is 1.91. The molecular weight excluding hydrogens is 172 g/mol. The molecule has 0 amide bonds. The van der Waals surface area contributed by atoms with Gasteiger partial charge in [-0.2, -0.15) is 5.26 Å². The third kappa shape index (κ3) is 1.27. The van der Waals surface area contributed by atoms with Crippen LogP contribution in [0.25, 0.3) is 10.9 Å². The molecule has 0 saturated carbocycles. The molecule has 0 aliphatic heterocycles. The molecule has 70 valence electrons. The minimum atomic E-state index is -0.411. The van der Waals surface area contributed by atoms with Gasteiger partial charge in [0.05, 0.1) is 11.5 Å². The summed E-state index contributed by atoms with van der Waals surface area (Å²) in [4.78, 5) is 3.13. The lowest BCUT2D eigenvalue weighted by Crippen LogP contribution is -2.13. The van der Waals surface area contributed by atoms with E-state index in [-0.39, 0.29) is 0 Å². The van der Waals surface area contributed by atoms with Gasteiger partial charge >= 0.3 is 0 Å². The quantitative estimate of drug-likeness (QED) is 0.727. The van der Waals surface area contributed by atoms with Crippen LogP contribution in [0.4, 0.5) is 0 Å². The van der Waals surface area contributed by atoms with E-state index in [0.29, 0.717) is 0 Å². The van der Waals surface area contributed by atoms with Crippen molar-refractivity contribution in [1.82, 2.24) is 4.98 Å². The first kappa shape index (κ1) is 8.83. The Labute approximate surface area is 83.2 Å². The zero-order valence-electron chi connectivity index (χ0n) is 8.33. The number of aromatic nitrogens is 1. The van der Waals surface area contributed by atoms with E-state index in [1.165, 1.54) is 0 Å². The maximum absolute atomic E-state index is 9.01. The molecule has 0 radical (unpaired) electrons. The molecule has 0 aliphatic carbocycles. The Hall–Kier alpha value is -1.75. The molecule has 2 rings (SSSR count). The standard InChI is InChI=1S/C12H12N2/c1-12(2,8-13)10-3-4-11-9(7-10)5-6-14-11/h3-7,14H,1-2H3. The molecule has 1 N–H and O–H groups in total. The normalized spacial score (nSPS) is 11.5. The van der Waals surface area contributed by atoms with Gasteiger partial charge in [0.25, 0.3) is 0 Å². The molecule has 0 spiro atoms. The van der Waals surface area contributed by atoms with Gasteiger partial charge in [-0.25, -0.2) is 0 Å². The number of hydrogen-bond acceptors (Lipinski definition) is 1. The summed E-state index contributed by atoms with van der Waals surface area (Å²) in [6.45, 7) is 3.86. The Morgan fingerprint density at radius 2 is 2.07 bits per heavy atom. The summed E-state index contributed by atoms with van der Waals surface area (Å²) < 4.78 is 0. The van der Waals surface area contributed by atoms with Crippen molar-refractivity contribution in [3.8, 4) is 6.07 Å². The molecular formula is C12H12N2. The fraction of sp³-hybridized carbons (Fsp3) is 0.250. The molecule has 1 aromatic carbocycles. The summed E-state index contributed by atoms with van der Waals surface area (Å²) in [5.74, 6) is 0. The largest absolute Gasteiger partial charge is 0.361 e. The number of benzene rings is 1. The Bertz CT molecular complexity index is 500. The van der Waals surface area contributed by atoms with Crippen LogP contribution < -0.4 is 0 Å². The second kappa shape index (κ2) is 2.88. The SMILES string of the molecule is CC(C)(C#N)c1ccc2[nH]ccc2c1. The first-order chi connectivity index (χ1) is 6.63. The van der Waals surface area contributed by atoms with Crippen molar-refractivity contribution in [3.63, 3.8) is 0 Å². The molecule has 0 aliphatic rings. The van der Waals surface area contributed by atoms with Gasteiger partial charge in [0.1, 0.15) is 0 Å². The highest BCUT2D eigenvalue weighted by molar-refractivity contribution is 5.80. The van der Waals surface area contributed by atoms with Crippen LogP contribution in [0.2, 0.25) is 0 Å². The van der Waals surface area contributed by atoms with Crippen LogP contribution in [0.15, 0.2) is 30.5 Å². The number of rotatable bonds is 1. The Kier molecular flexibility index (Phi) is 1.82. The Morgan fingerprint density at radius 1 is 1.29 bits per heavy atom. The minimum absolute atomic E-state index is 0.411. The molecule has 0 bridgehead atoms. The fourth-order valence-electron chi connectivity index (χ4n) is 1.51. The van der Waals surface area contributed by atoms with Crippen LogP contribution in [0.3, 0.4) is 0 Å². The molecule has 0 atom stereocenters. The monoisotopic (exact) mass is 184 g/mol. The minimum Gasteiger partial charge on any atom is -0.361 e. The summed E-state index contributed by atoms with van der Waals surface area (Å²) in [7, 11) is 0. The molecule has 2 heteroatoms. The molecule has 0 saturated heterocycles. The van der Waals surface area contributed by atoms with Crippen molar-refractivity contribution >= 4 is 10.9 Å². The van der Waals surface area contributed by atoms with E-state index in [2.05, 4.69) is 17.1 Å². The summed E-state index contributed by atoms with van der Waals surface area (Å²) in [5.41, 5.74) is 1.76. The van der Waals surface area contributed by atoms with Crippen molar-refractivity contribution in [2.75, 3.05) is 0 Å². The predicted octanol–water partition coefficient (Wildman–Crippen LogP) is 2.97. The van der Waals surface area contributed by atoms with Crippen molar-refractivity contribution in [1.29, 1.82) is 5.26 Å². The maximum atomic E-state index is 9.01. The number of nitriles is 1. The van der Waals surface area contributed by atoms with Crippen molar-refractivity contribution in [3.05, 3.63) is 36.0 Å². The molecule has 14 heavy (non-hydrogen) atoms. The smallest absolute Gasteiger partial charge is 0.0766 e. The second-order valence-corrected chi connectivity index (χ2v) is 4.02. The zero-order valence-corrected chi connectivity index (χ0v) is 8.33. The maximum Gasteiger partial charge on any atom is 0.0766 e. The first-order valence-corrected chi connectivity index (χ1v) is 4.62. The lowest BCUT2D eigenvalue weighted by molar-refractivity contribution is 0.688. The lowest BCUT2D eigenvalue weighted by Gasteiger charge is -2.15. The Balaban J connectivity index is 2.61. The van der Waals surface area contributed by atoms with Gasteiger partial charge in [-0.05, 0) is 43.0 Å². The van der Waals surface area contributed by atoms with Gasteiger partial charge in [0, 0.05) is 11.7 Å². The van der Waals surface area contributed by atoms with Gasteiger partial charge in [-0.3, -0.25) is 0 Å². The molecule has 2 nitrogen and oxygen atoms in total. The molecule has 0 unspecified atom stereocenters. The first-order valence-electron chi connectivity index (χ1n) is 4.62. The average molecular weight is 184 g/mol. The number of H-pyrrole nitrogens is 1. The van der Waals surface area contributed by atoms with Crippen molar-refractivity contribution < 1.29 is 0 Å². The van der Waals surface area contributed by atoms with E-state index in [1.807, 2.05) is 38.2 Å². The Morgan fingerprint density at radius 3 is 2.79 bits per heavy atom. The number of hydrogen-bond donors (Lipinski definition) is 1. The third-order valence-electron chi connectivity index (χ3n) is 2.55. The predicted molar refractivity (Wildman–Crippen MR) is 56.9 cm³/mol. The van der Waals surface area contributed by atoms with Gasteiger partial charge in [-0.15, -0.1) is 0 Å². The third-order valence-corrected chi connectivity index (χ3v) is 2.55. The van der Waals surface area contributed by atoms with E-state index in [4.69, 9.17) is 5.26 Å². The van der Waals surface area contributed by atoms with Crippen LogP contribution in [-0.4, -0.2) is 4.98 Å². The number of nitrogens with zero attached hydrogens (tertiary/aromatic N) is 1. The highest BCUT2D eigenvalue weighted by Crippen LogP contribution is 2.25. The summed E-state index contributed by atoms with van der Waals surface area (Å²) in [5, 5.41) is 10.2. The van der Waals surface area contributed by atoms with E-state index < -0.39 is 5.41 Å². The van der Waals surface area contributed by atoms with E-state index in [9.17, 15) is 0 Å². The van der Waals surface area contributed by atoms with Crippen LogP contribution >= 0.6 is 0 Å². The van der Waals surface area contributed by atoms with Crippen molar-refractivity contribution in [2.45, 2.75) is 19.3 Å². The highest BCUT2D eigenvalue weighted by atomic mass is 14.7. The fourth-order valence-corrected chi connectivity index (χ4v) is 1.51.